The number of hydrogen-bond donors (Lipinski definition) is 0. The van der Waals surface area contributed by atoms with E-state index in [2.05, 4.69) is 10.1 Å². The SMILES string of the molecule is Cc1ccc(C(=O)OCc2nc(-c3ccc([N+](=O)[O-])cc3)no2)cc1F. The Balaban J connectivity index is 1.65. The number of nitro benzene ring substituents is 1. The van der Waals surface area contributed by atoms with Crippen LogP contribution in [0.1, 0.15) is 21.8 Å². The molecule has 0 aliphatic heterocycles. The van der Waals surface area contributed by atoms with Crippen molar-refractivity contribution < 1.29 is 23.4 Å². The molecule has 9 heteroatoms. The molecule has 0 atom stereocenters. The zero-order valence-corrected chi connectivity index (χ0v) is 13.5. The lowest BCUT2D eigenvalue weighted by atomic mass is 10.1. The van der Waals surface area contributed by atoms with Crippen LogP contribution < -0.4 is 0 Å². The maximum absolute atomic E-state index is 13.5. The second-order valence-electron chi connectivity index (χ2n) is 5.36. The summed E-state index contributed by atoms with van der Waals surface area (Å²) < 4.78 is 23.5. The molecule has 8 nitrogen and oxygen atoms in total. The Morgan fingerprint density at radius 1 is 1.27 bits per heavy atom. The molecular weight excluding hydrogens is 345 g/mol. The number of halogens is 1. The molecule has 0 spiro atoms. The summed E-state index contributed by atoms with van der Waals surface area (Å²) in [5, 5.41) is 14.4. The van der Waals surface area contributed by atoms with Gasteiger partial charge in [0.05, 0.1) is 10.5 Å². The number of non-ortho nitro benzene ring substituents is 1. The minimum absolute atomic E-state index is 0.0410. The highest BCUT2D eigenvalue weighted by Crippen LogP contribution is 2.20. The lowest BCUT2D eigenvalue weighted by molar-refractivity contribution is -0.384. The van der Waals surface area contributed by atoms with Crippen LogP contribution in [-0.4, -0.2) is 21.0 Å². The number of rotatable bonds is 5. The van der Waals surface area contributed by atoms with Gasteiger partial charge in [0.1, 0.15) is 5.82 Å². The van der Waals surface area contributed by atoms with Crippen molar-refractivity contribution in [3.63, 3.8) is 0 Å². The minimum atomic E-state index is -0.723. The maximum atomic E-state index is 13.5. The predicted molar refractivity (Wildman–Crippen MR) is 86.6 cm³/mol. The van der Waals surface area contributed by atoms with E-state index in [0.29, 0.717) is 11.1 Å². The maximum Gasteiger partial charge on any atom is 0.338 e. The Hall–Kier alpha value is -3.62. The van der Waals surface area contributed by atoms with Gasteiger partial charge in [-0.15, -0.1) is 0 Å². The molecule has 0 fully saturated rings. The van der Waals surface area contributed by atoms with Crippen LogP contribution in [0.15, 0.2) is 47.0 Å². The van der Waals surface area contributed by atoms with Crippen LogP contribution in [0.5, 0.6) is 0 Å². The highest BCUT2D eigenvalue weighted by molar-refractivity contribution is 5.89. The second-order valence-corrected chi connectivity index (χ2v) is 5.36. The highest BCUT2D eigenvalue weighted by Gasteiger charge is 2.14. The Morgan fingerprint density at radius 3 is 2.65 bits per heavy atom. The van der Waals surface area contributed by atoms with Crippen LogP contribution in [0.4, 0.5) is 10.1 Å². The normalized spacial score (nSPS) is 10.5. The Kier molecular flexibility index (Phi) is 4.70. The van der Waals surface area contributed by atoms with Crippen LogP contribution >= 0.6 is 0 Å². The molecule has 1 heterocycles. The van der Waals surface area contributed by atoms with Crippen LogP contribution in [0.3, 0.4) is 0 Å². The van der Waals surface area contributed by atoms with Crippen molar-refractivity contribution in [3.05, 3.63) is 75.4 Å². The number of hydrogen-bond acceptors (Lipinski definition) is 7. The van der Waals surface area contributed by atoms with Gasteiger partial charge < -0.3 is 9.26 Å². The van der Waals surface area contributed by atoms with E-state index in [9.17, 15) is 19.3 Å². The van der Waals surface area contributed by atoms with E-state index in [1.54, 1.807) is 6.92 Å². The van der Waals surface area contributed by atoms with E-state index in [0.717, 1.165) is 6.07 Å². The number of carbonyl (C=O) groups is 1. The molecule has 132 valence electrons. The van der Waals surface area contributed by atoms with Gasteiger partial charge in [0.15, 0.2) is 6.61 Å². The fourth-order valence-electron chi connectivity index (χ4n) is 2.09. The molecular formula is C17H12FN3O5. The number of esters is 1. The lowest BCUT2D eigenvalue weighted by Gasteiger charge is -2.03. The zero-order chi connectivity index (χ0) is 18.7. The molecule has 0 bridgehead atoms. The summed E-state index contributed by atoms with van der Waals surface area (Å²) in [6.45, 7) is 1.30. The quantitative estimate of drug-likeness (QED) is 0.391. The van der Waals surface area contributed by atoms with Crippen molar-refractivity contribution in [2.45, 2.75) is 13.5 Å². The van der Waals surface area contributed by atoms with Gasteiger partial charge in [-0.3, -0.25) is 10.1 Å². The van der Waals surface area contributed by atoms with Crippen molar-refractivity contribution in [2.24, 2.45) is 0 Å². The van der Waals surface area contributed by atoms with Gasteiger partial charge in [0.2, 0.25) is 5.82 Å². The number of nitro groups is 1. The summed E-state index contributed by atoms with van der Waals surface area (Å²) in [7, 11) is 0. The highest BCUT2D eigenvalue weighted by atomic mass is 19.1. The smallest absolute Gasteiger partial charge is 0.338 e. The molecule has 1 aromatic heterocycles. The van der Waals surface area contributed by atoms with Crippen molar-refractivity contribution in [3.8, 4) is 11.4 Å². The standard InChI is InChI=1S/C17H12FN3O5/c1-10-2-3-12(8-14(10)18)17(22)25-9-15-19-16(20-26-15)11-4-6-13(7-5-11)21(23)24/h2-8H,9H2,1H3. The van der Waals surface area contributed by atoms with Crippen LogP contribution in [0.25, 0.3) is 11.4 Å². The molecule has 26 heavy (non-hydrogen) atoms. The average Bonchev–Trinajstić information content (AvgIpc) is 3.11. The molecule has 0 radical (unpaired) electrons. The summed E-state index contributed by atoms with van der Waals surface area (Å²) in [6.07, 6.45) is 0. The van der Waals surface area contributed by atoms with Gasteiger partial charge >= 0.3 is 5.97 Å². The number of aryl methyl sites for hydroxylation is 1. The van der Waals surface area contributed by atoms with E-state index >= 15 is 0 Å². The summed E-state index contributed by atoms with van der Waals surface area (Å²) >= 11 is 0. The molecule has 3 aromatic rings. The van der Waals surface area contributed by atoms with Crippen LogP contribution in [0, 0.1) is 22.9 Å². The number of benzene rings is 2. The molecule has 0 saturated heterocycles. The summed E-state index contributed by atoms with van der Waals surface area (Å²) in [6, 6.07) is 9.62. The monoisotopic (exact) mass is 357 g/mol. The summed E-state index contributed by atoms with van der Waals surface area (Å²) in [4.78, 5) is 26.1. The van der Waals surface area contributed by atoms with Gasteiger partial charge in [-0.25, -0.2) is 9.18 Å². The third-order valence-corrected chi connectivity index (χ3v) is 3.54. The predicted octanol–water partition coefficient (Wildman–Crippen LogP) is 3.45. The topological polar surface area (TPSA) is 108 Å². The average molecular weight is 357 g/mol. The molecule has 3 rings (SSSR count). The van der Waals surface area contributed by atoms with Crippen LogP contribution in [-0.2, 0) is 11.3 Å². The molecule has 0 unspecified atom stereocenters. The molecule has 0 aliphatic carbocycles. The number of nitrogens with zero attached hydrogens (tertiary/aromatic N) is 3. The Morgan fingerprint density at radius 2 is 2.00 bits per heavy atom. The van der Waals surface area contributed by atoms with Gasteiger partial charge in [-0.05, 0) is 36.8 Å². The number of ether oxygens (including phenoxy) is 1. The van der Waals surface area contributed by atoms with E-state index in [1.807, 2.05) is 0 Å². The van der Waals surface area contributed by atoms with Gasteiger partial charge in [-0.1, -0.05) is 11.2 Å². The Labute approximate surface area is 146 Å². The van der Waals surface area contributed by atoms with Crippen LogP contribution in [0.2, 0.25) is 0 Å². The number of carbonyl (C=O) groups excluding carboxylic acids is 1. The lowest BCUT2D eigenvalue weighted by Crippen LogP contribution is -2.06. The van der Waals surface area contributed by atoms with Gasteiger partial charge in [0, 0.05) is 17.7 Å². The third-order valence-electron chi connectivity index (χ3n) is 3.54. The number of aromatic nitrogens is 2. The Bertz CT molecular complexity index is 969. The van der Waals surface area contributed by atoms with Gasteiger partial charge in [0.25, 0.3) is 11.6 Å². The summed E-state index contributed by atoms with van der Waals surface area (Å²) in [5.41, 5.74) is 0.948. The van der Waals surface area contributed by atoms with Gasteiger partial charge in [-0.2, -0.15) is 4.98 Å². The molecule has 0 amide bonds. The molecule has 0 aliphatic rings. The first-order valence-corrected chi connectivity index (χ1v) is 7.45. The van der Waals surface area contributed by atoms with Crippen molar-refractivity contribution in [1.82, 2.24) is 10.1 Å². The first-order valence-electron chi connectivity index (χ1n) is 7.45. The van der Waals surface area contributed by atoms with E-state index in [1.165, 1.54) is 36.4 Å². The van der Waals surface area contributed by atoms with E-state index in [4.69, 9.17) is 9.26 Å². The summed E-state index contributed by atoms with van der Waals surface area (Å²) in [5.74, 6) is -0.983. The largest absolute Gasteiger partial charge is 0.452 e. The molecule has 0 N–H and O–H groups in total. The fourth-order valence-corrected chi connectivity index (χ4v) is 2.09. The molecule has 2 aromatic carbocycles. The third kappa shape index (κ3) is 3.72. The molecule has 0 saturated carbocycles. The minimum Gasteiger partial charge on any atom is -0.452 e. The van der Waals surface area contributed by atoms with Crippen molar-refractivity contribution >= 4 is 11.7 Å². The van der Waals surface area contributed by atoms with E-state index < -0.39 is 16.7 Å². The van der Waals surface area contributed by atoms with E-state index in [-0.39, 0.29) is 29.6 Å². The zero-order valence-electron chi connectivity index (χ0n) is 13.5. The van der Waals surface area contributed by atoms with Crippen molar-refractivity contribution in [1.29, 1.82) is 0 Å². The first kappa shape index (κ1) is 17.2. The first-order chi connectivity index (χ1) is 12.4. The fraction of sp³-hybridized carbons (Fsp3) is 0.118. The van der Waals surface area contributed by atoms with Crippen molar-refractivity contribution in [2.75, 3.05) is 0 Å². The second kappa shape index (κ2) is 7.09.